The van der Waals surface area contributed by atoms with Crippen LogP contribution in [0.15, 0.2) is 40.9 Å². The van der Waals surface area contributed by atoms with Gasteiger partial charge >= 0.3 is 5.69 Å². The molecule has 0 bridgehead atoms. The average Bonchev–Trinajstić information content (AvgIpc) is 2.43. The van der Waals surface area contributed by atoms with Crippen molar-refractivity contribution in [1.29, 1.82) is 0 Å². The highest BCUT2D eigenvalue weighted by atomic mass is 79.9. The molecule has 0 saturated heterocycles. The minimum absolute atomic E-state index is 0.0335. The molecule has 0 aliphatic carbocycles. The normalized spacial score (nSPS) is 10.4. The van der Waals surface area contributed by atoms with Gasteiger partial charge in [0, 0.05) is 12.6 Å². The quantitative estimate of drug-likeness (QED) is 0.620. The number of nitro groups is 1. The summed E-state index contributed by atoms with van der Waals surface area (Å²) in [5.41, 5.74) is 0.888. The minimum Gasteiger partial charge on any atom is -0.447 e. The molecule has 7 heteroatoms. The molecular weight excluding hydrogens is 360 g/mol. The van der Waals surface area contributed by atoms with Gasteiger partial charge in [-0.2, -0.15) is 0 Å². The predicted octanol–water partition coefficient (Wildman–Crippen LogP) is 4.52. The third-order valence-electron chi connectivity index (χ3n) is 2.73. The summed E-state index contributed by atoms with van der Waals surface area (Å²) in [6.07, 6.45) is 0. The zero-order valence-electron chi connectivity index (χ0n) is 11.1. The van der Waals surface area contributed by atoms with Gasteiger partial charge in [0.2, 0.25) is 5.75 Å². The second-order valence-electron chi connectivity index (χ2n) is 4.24. The topological polar surface area (TPSA) is 64.4 Å². The first-order valence-corrected chi connectivity index (χ1v) is 7.24. The second kappa shape index (κ2) is 6.89. The Morgan fingerprint density at radius 1 is 1.38 bits per heavy atom. The molecule has 5 nitrogen and oxygen atoms in total. The fraction of sp³-hybridized carbons (Fsp3) is 0.143. The molecule has 0 atom stereocenters. The number of nitrogens with zero attached hydrogens (tertiary/aromatic N) is 1. The van der Waals surface area contributed by atoms with Gasteiger partial charge in [-0.3, -0.25) is 10.1 Å². The Morgan fingerprint density at radius 3 is 2.76 bits per heavy atom. The molecule has 0 unspecified atom stereocenters. The summed E-state index contributed by atoms with van der Waals surface area (Å²) in [5.74, 6) is 0.497. The van der Waals surface area contributed by atoms with Crippen LogP contribution in [0, 0.1) is 10.1 Å². The maximum Gasteiger partial charge on any atom is 0.313 e. The van der Waals surface area contributed by atoms with E-state index in [-0.39, 0.29) is 16.5 Å². The Balaban J connectivity index is 2.37. The van der Waals surface area contributed by atoms with Crippen LogP contribution in [0.5, 0.6) is 11.5 Å². The van der Waals surface area contributed by atoms with Crippen LogP contribution in [-0.2, 0) is 6.54 Å². The summed E-state index contributed by atoms with van der Waals surface area (Å²) in [6, 6.07) is 9.91. The fourth-order valence-electron chi connectivity index (χ4n) is 1.79. The van der Waals surface area contributed by atoms with Crippen LogP contribution in [0.4, 0.5) is 5.69 Å². The monoisotopic (exact) mass is 370 g/mol. The molecule has 2 aromatic rings. The molecule has 0 radical (unpaired) electrons. The van der Waals surface area contributed by atoms with E-state index < -0.39 is 4.92 Å². The van der Waals surface area contributed by atoms with Crippen LogP contribution < -0.4 is 10.1 Å². The van der Waals surface area contributed by atoms with Crippen molar-refractivity contribution >= 4 is 33.2 Å². The number of hydrogen-bond acceptors (Lipinski definition) is 4. The molecule has 0 aromatic heterocycles. The molecule has 0 amide bonds. The molecule has 0 aliphatic rings. The third kappa shape index (κ3) is 3.72. The Kier molecular flexibility index (Phi) is 5.17. The lowest BCUT2D eigenvalue weighted by Crippen LogP contribution is -2.04. The van der Waals surface area contributed by atoms with Gasteiger partial charge in [0.25, 0.3) is 0 Å². The number of ether oxygens (including phenoxy) is 1. The largest absolute Gasteiger partial charge is 0.447 e. The predicted molar refractivity (Wildman–Crippen MR) is 85.1 cm³/mol. The minimum atomic E-state index is -0.523. The van der Waals surface area contributed by atoms with E-state index in [4.69, 9.17) is 16.3 Å². The Bertz CT molecular complexity index is 679. The molecule has 1 N–H and O–H groups in total. The van der Waals surface area contributed by atoms with Crippen molar-refractivity contribution in [1.82, 2.24) is 5.32 Å². The van der Waals surface area contributed by atoms with E-state index in [1.165, 1.54) is 12.1 Å². The summed E-state index contributed by atoms with van der Waals surface area (Å²) in [4.78, 5) is 10.5. The van der Waals surface area contributed by atoms with Crippen LogP contribution >= 0.6 is 27.5 Å². The number of hydrogen-bond donors (Lipinski definition) is 1. The van der Waals surface area contributed by atoms with Crippen LogP contribution in [0.25, 0.3) is 0 Å². The highest BCUT2D eigenvalue weighted by Gasteiger charge is 2.19. The van der Waals surface area contributed by atoms with E-state index in [2.05, 4.69) is 21.2 Å². The van der Waals surface area contributed by atoms with Gasteiger partial charge in [-0.15, -0.1) is 0 Å². The van der Waals surface area contributed by atoms with Crippen molar-refractivity contribution in [2.24, 2.45) is 0 Å². The molecule has 0 fully saturated rings. The van der Waals surface area contributed by atoms with Crippen molar-refractivity contribution in [2.75, 3.05) is 7.05 Å². The SMILES string of the molecule is CNCc1ccc(Oc2c(Cl)cccc2[N+](=O)[O-])c(Br)c1. The summed E-state index contributed by atoms with van der Waals surface area (Å²) >= 11 is 9.40. The van der Waals surface area contributed by atoms with Gasteiger partial charge in [0.1, 0.15) is 5.75 Å². The maximum atomic E-state index is 11.0. The van der Waals surface area contributed by atoms with Crippen molar-refractivity contribution in [3.63, 3.8) is 0 Å². The van der Waals surface area contributed by atoms with Crippen molar-refractivity contribution in [3.8, 4) is 11.5 Å². The summed E-state index contributed by atoms with van der Waals surface area (Å²) in [5, 5.41) is 14.3. The first kappa shape index (κ1) is 15.8. The lowest BCUT2D eigenvalue weighted by Gasteiger charge is -2.10. The second-order valence-corrected chi connectivity index (χ2v) is 5.50. The summed E-state index contributed by atoms with van der Waals surface area (Å²) in [6.45, 7) is 0.713. The van der Waals surface area contributed by atoms with Crippen molar-refractivity contribution < 1.29 is 9.66 Å². The van der Waals surface area contributed by atoms with E-state index in [1.54, 1.807) is 12.1 Å². The first-order chi connectivity index (χ1) is 10.0. The van der Waals surface area contributed by atoms with Gasteiger partial charge in [0.15, 0.2) is 0 Å². The van der Waals surface area contributed by atoms with E-state index in [0.717, 1.165) is 5.56 Å². The third-order valence-corrected chi connectivity index (χ3v) is 3.65. The molecule has 2 aromatic carbocycles. The van der Waals surface area contributed by atoms with E-state index in [9.17, 15) is 10.1 Å². The lowest BCUT2D eigenvalue weighted by atomic mass is 10.2. The van der Waals surface area contributed by atoms with Crippen LogP contribution in [0.3, 0.4) is 0 Å². The number of nitro benzene ring substituents is 1. The van der Waals surface area contributed by atoms with Crippen LogP contribution in [-0.4, -0.2) is 12.0 Å². The molecular formula is C14H12BrClN2O3. The van der Waals surface area contributed by atoms with Gasteiger partial charge in [-0.25, -0.2) is 0 Å². The zero-order chi connectivity index (χ0) is 15.4. The number of rotatable bonds is 5. The first-order valence-electron chi connectivity index (χ1n) is 6.06. The smallest absolute Gasteiger partial charge is 0.313 e. The maximum absolute atomic E-state index is 11.0. The highest BCUT2D eigenvalue weighted by Crippen LogP contribution is 2.40. The van der Waals surface area contributed by atoms with Gasteiger partial charge < -0.3 is 10.1 Å². The molecule has 0 spiro atoms. The number of para-hydroxylation sites is 1. The van der Waals surface area contributed by atoms with Gasteiger partial charge in [-0.05, 0) is 46.7 Å². The molecule has 0 heterocycles. The molecule has 110 valence electrons. The highest BCUT2D eigenvalue weighted by molar-refractivity contribution is 9.10. The van der Waals surface area contributed by atoms with E-state index in [1.807, 2.05) is 19.2 Å². The standard InChI is InChI=1S/C14H12BrClN2O3/c1-17-8-9-5-6-13(10(15)7-9)21-14-11(16)3-2-4-12(14)18(19)20/h2-7,17H,8H2,1H3. The van der Waals surface area contributed by atoms with Crippen molar-refractivity contribution in [2.45, 2.75) is 6.54 Å². The van der Waals surface area contributed by atoms with Crippen LogP contribution in [0.1, 0.15) is 5.56 Å². The zero-order valence-corrected chi connectivity index (χ0v) is 13.4. The average molecular weight is 372 g/mol. The summed E-state index contributed by atoms with van der Waals surface area (Å²) < 4.78 is 6.32. The fourth-order valence-corrected chi connectivity index (χ4v) is 2.51. The molecule has 0 saturated carbocycles. The van der Waals surface area contributed by atoms with Crippen molar-refractivity contribution in [3.05, 3.63) is 61.6 Å². The number of halogens is 2. The lowest BCUT2D eigenvalue weighted by molar-refractivity contribution is -0.385. The molecule has 21 heavy (non-hydrogen) atoms. The van der Waals surface area contributed by atoms with Gasteiger partial charge in [0.05, 0.1) is 14.4 Å². The number of benzene rings is 2. The van der Waals surface area contributed by atoms with E-state index >= 15 is 0 Å². The Labute approximate surface area is 135 Å². The molecule has 2 rings (SSSR count). The molecule has 0 aliphatic heterocycles. The van der Waals surface area contributed by atoms with E-state index in [0.29, 0.717) is 16.8 Å². The summed E-state index contributed by atoms with van der Waals surface area (Å²) in [7, 11) is 1.85. The number of nitrogens with one attached hydrogen (secondary N) is 1. The Hall–Kier alpha value is -1.63. The van der Waals surface area contributed by atoms with Crippen LogP contribution in [0.2, 0.25) is 5.02 Å². The van der Waals surface area contributed by atoms with Gasteiger partial charge in [-0.1, -0.05) is 23.7 Å². The Morgan fingerprint density at radius 2 is 2.14 bits per heavy atom.